The third-order valence-corrected chi connectivity index (χ3v) is 5.03. The minimum absolute atomic E-state index is 0.0577. The van der Waals surface area contributed by atoms with E-state index >= 15 is 0 Å². The van der Waals surface area contributed by atoms with Crippen molar-refractivity contribution in [2.45, 2.75) is 6.42 Å². The number of nitrogens with zero attached hydrogens (tertiary/aromatic N) is 1. The van der Waals surface area contributed by atoms with Crippen molar-refractivity contribution in [1.82, 2.24) is 9.62 Å². The lowest BCUT2D eigenvalue weighted by Gasteiger charge is -2.20. The summed E-state index contributed by atoms with van der Waals surface area (Å²) in [5.74, 6) is -1.17. The average molecular weight is 364 g/mol. The first kappa shape index (κ1) is 19.1. The lowest BCUT2D eigenvalue weighted by atomic mass is 10.1. The summed E-state index contributed by atoms with van der Waals surface area (Å²) in [4.78, 5) is 12.0. The average Bonchev–Trinajstić information content (AvgIpc) is 2.58. The second-order valence-corrected chi connectivity index (χ2v) is 7.62. The predicted molar refractivity (Wildman–Crippen MR) is 95.3 cm³/mol. The Kier molecular flexibility index (Phi) is 6.66. The molecule has 25 heavy (non-hydrogen) atoms. The molecular weight excluding hydrogens is 343 g/mol. The molecule has 0 aromatic heterocycles. The largest absolute Gasteiger partial charge is 0.351 e. The van der Waals surface area contributed by atoms with Crippen LogP contribution in [0.25, 0.3) is 0 Å². The number of hydrogen-bond acceptors (Lipinski definition) is 3. The normalized spacial score (nSPS) is 11.5. The molecule has 2 aromatic rings. The van der Waals surface area contributed by atoms with Gasteiger partial charge in [0.2, 0.25) is 10.0 Å². The molecule has 0 saturated carbocycles. The highest BCUT2D eigenvalue weighted by atomic mass is 32.2. The molecule has 0 saturated heterocycles. The Balaban J connectivity index is 1.90. The van der Waals surface area contributed by atoms with E-state index in [9.17, 15) is 17.6 Å². The molecule has 2 rings (SSSR count). The van der Waals surface area contributed by atoms with E-state index < -0.39 is 21.7 Å². The van der Waals surface area contributed by atoms with Gasteiger partial charge in [-0.05, 0) is 24.1 Å². The Morgan fingerprint density at radius 2 is 1.68 bits per heavy atom. The van der Waals surface area contributed by atoms with E-state index in [1.165, 1.54) is 22.5 Å². The fraction of sp³-hybridized carbons (Fsp3) is 0.278. The van der Waals surface area contributed by atoms with Gasteiger partial charge in [0.05, 0.1) is 11.8 Å². The van der Waals surface area contributed by atoms with Gasteiger partial charge in [0.1, 0.15) is 5.82 Å². The summed E-state index contributed by atoms with van der Waals surface area (Å²) < 4.78 is 38.7. The van der Waals surface area contributed by atoms with E-state index in [0.29, 0.717) is 13.0 Å². The van der Waals surface area contributed by atoms with E-state index in [2.05, 4.69) is 5.32 Å². The fourth-order valence-corrected chi connectivity index (χ4v) is 3.22. The number of hydrogen-bond donors (Lipinski definition) is 1. The maximum Gasteiger partial charge on any atom is 0.254 e. The highest BCUT2D eigenvalue weighted by Crippen LogP contribution is 2.07. The molecule has 1 N–H and O–H groups in total. The number of halogens is 1. The number of sulfonamides is 1. The third-order valence-electron chi connectivity index (χ3n) is 3.73. The summed E-state index contributed by atoms with van der Waals surface area (Å²) in [6, 6.07) is 15.2. The second-order valence-electron chi connectivity index (χ2n) is 5.63. The molecule has 7 heteroatoms. The number of amides is 1. The van der Waals surface area contributed by atoms with E-state index in [4.69, 9.17) is 0 Å². The van der Waals surface area contributed by atoms with Gasteiger partial charge in [-0.15, -0.1) is 0 Å². The summed E-state index contributed by atoms with van der Waals surface area (Å²) in [5, 5.41) is 2.56. The van der Waals surface area contributed by atoms with Gasteiger partial charge in [-0.3, -0.25) is 4.79 Å². The fourth-order valence-electron chi connectivity index (χ4n) is 2.38. The van der Waals surface area contributed by atoms with Crippen LogP contribution in [0.4, 0.5) is 4.39 Å². The zero-order valence-electron chi connectivity index (χ0n) is 14.0. The van der Waals surface area contributed by atoms with Gasteiger partial charge in [0, 0.05) is 19.6 Å². The third kappa shape index (κ3) is 5.95. The predicted octanol–water partition coefficient (Wildman–Crippen LogP) is 2.06. The van der Waals surface area contributed by atoms with Gasteiger partial charge < -0.3 is 5.32 Å². The molecular formula is C18H21FN2O3S. The molecule has 0 aliphatic carbocycles. The molecule has 0 radical (unpaired) electrons. The lowest BCUT2D eigenvalue weighted by molar-refractivity contribution is 0.0947. The van der Waals surface area contributed by atoms with Crippen molar-refractivity contribution in [2.24, 2.45) is 0 Å². The molecule has 0 fully saturated rings. The van der Waals surface area contributed by atoms with Crippen LogP contribution in [0.15, 0.2) is 54.6 Å². The lowest BCUT2D eigenvalue weighted by Crippen LogP contribution is -2.39. The molecule has 0 spiro atoms. The smallest absolute Gasteiger partial charge is 0.254 e. The SMILES string of the molecule is CS(=O)(=O)N(CCNC(=O)c1ccccc1F)CCc1ccccc1. The first-order chi connectivity index (χ1) is 11.9. The summed E-state index contributed by atoms with van der Waals surface area (Å²) in [7, 11) is -3.40. The number of carbonyl (C=O) groups is 1. The van der Waals surface area contributed by atoms with Crippen LogP contribution in [0.3, 0.4) is 0 Å². The van der Waals surface area contributed by atoms with E-state index in [1.807, 2.05) is 30.3 Å². The first-order valence-corrected chi connectivity index (χ1v) is 9.74. The number of rotatable bonds is 8. The van der Waals surface area contributed by atoms with Crippen LogP contribution in [0, 0.1) is 5.82 Å². The summed E-state index contributed by atoms with van der Waals surface area (Å²) in [6.45, 7) is 0.555. The van der Waals surface area contributed by atoms with Crippen LogP contribution in [0.1, 0.15) is 15.9 Å². The van der Waals surface area contributed by atoms with Crippen molar-refractivity contribution in [1.29, 1.82) is 0 Å². The Hall–Kier alpha value is -2.25. The van der Waals surface area contributed by atoms with Crippen LogP contribution in [0.5, 0.6) is 0 Å². The van der Waals surface area contributed by atoms with Crippen LogP contribution >= 0.6 is 0 Å². The molecule has 5 nitrogen and oxygen atoms in total. The van der Waals surface area contributed by atoms with Crippen LogP contribution < -0.4 is 5.32 Å². The maximum atomic E-state index is 13.6. The minimum atomic E-state index is -3.40. The van der Waals surface area contributed by atoms with Gasteiger partial charge in [-0.1, -0.05) is 42.5 Å². The highest BCUT2D eigenvalue weighted by molar-refractivity contribution is 7.88. The Bertz CT molecular complexity index is 810. The Labute approximate surface area is 147 Å². The molecule has 0 unspecified atom stereocenters. The summed E-state index contributed by atoms with van der Waals surface area (Å²) in [6.07, 6.45) is 1.71. The second kappa shape index (κ2) is 8.73. The van der Waals surface area contributed by atoms with Crippen LogP contribution in [-0.4, -0.2) is 44.5 Å². The van der Waals surface area contributed by atoms with Gasteiger partial charge in [0.25, 0.3) is 5.91 Å². The Morgan fingerprint density at radius 1 is 1.04 bits per heavy atom. The highest BCUT2D eigenvalue weighted by Gasteiger charge is 2.17. The number of nitrogens with one attached hydrogen (secondary N) is 1. The monoisotopic (exact) mass is 364 g/mol. The summed E-state index contributed by atoms with van der Waals surface area (Å²) >= 11 is 0. The zero-order chi connectivity index (χ0) is 18.3. The number of benzene rings is 2. The van der Waals surface area contributed by atoms with Crippen molar-refractivity contribution in [3.05, 3.63) is 71.5 Å². The van der Waals surface area contributed by atoms with E-state index in [0.717, 1.165) is 11.8 Å². The van der Waals surface area contributed by atoms with Gasteiger partial charge in [-0.25, -0.2) is 17.1 Å². The van der Waals surface area contributed by atoms with Crippen molar-refractivity contribution in [3.63, 3.8) is 0 Å². The van der Waals surface area contributed by atoms with Crippen LogP contribution in [0.2, 0.25) is 0 Å². The van der Waals surface area contributed by atoms with Gasteiger partial charge in [0.15, 0.2) is 0 Å². The quantitative estimate of drug-likeness (QED) is 0.780. The molecule has 2 aromatic carbocycles. The van der Waals surface area contributed by atoms with Crippen molar-refractivity contribution in [2.75, 3.05) is 25.9 Å². The zero-order valence-corrected chi connectivity index (χ0v) is 14.8. The molecule has 1 amide bonds. The first-order valence-electron chi connectivity index (χ1n) is 7.89. The molecule has 0 aliphatic rings. The van der Waals surface area contributed by atoms with Crippen molar-refractivity contribution >= 4 is 15.9 Å². The standard InChI is InChI=1S/C18H21FN2O3S/c1-25(23,24)21(13-11-15-7-3-2-4-8-15)14-12-20-18(22)16-9-5-6-10-17(16)19/h2-10H,11-14H2,1H3,(H,20,22). The molecule has 0 atom stereocenters. The molecule has 0 aliphatic heterocycles. The van der Waals surface area contributed by atoms with Crippen molar-refractivity contribution < 1.29 is 17.6 Å². The minimum Gasteiger partial charge on any atom is -0.351 e. The molecule has 134 valence electrons. The Morgan fingerprint density at radius 3 is 2.32 bits per heavy atom. The summed E-state index contributed by atoms with van der Waals surface area (Å²) in [5.41, 5.74) is 0.976. The molecule has 0 bridgehead atoms. The van der Waals surface area contributed by atoms with Gasteiger partial charge in [-0.2, -0.15) is 0 Å². The molecule has 0 heterocycles. The maximum absolute atomic E-state index is 13.6. The van der Waals surface area contributed by atoms with E-state index in [-0.39, 0.29) is 18.7 Å². The number of carbonyl (C=O) groups excluding carboxylic acids is 1. The van der Waals surface area contributed by atoms with Gasteiger partial charge >= 0.3 is 0 Å². The van der Waals surface area contributed by atoms with E-state index in [1.54, 1.807) is 6.07 Å². The topological polar surface area (TPSA) is 66.5 Å². The van der Waals surface area contributed by atoms with Crippen LogP contribution in [-0.2, 0) is 16.4 Å². The van der Waals surface area contributed by atoms with Crippen molar-refractivity contribution in [3.8, 4) is 0 Å².